The van der Waals surface area contributed by atoms with E-state index in [0.717, 1.165) is 6.42 Å². The molecule has 0 aromatic rings. The number of hydrogen-bond donors (Lipinski definition) is 1. The first-order chi connectivity index (χ1) is 7.80. The predicted molar refractivity (Wildman–Crippen MR) is 73.1 cm³/mol. The van der Waals surface area contributed by atoms with E-state index < -0.39 is 0 Å². The molecule has 2 rings (SSSR count). The Balaban J connectivity index is 2.01. The zero-order valence-electron chi connectivity index (χ0n) is 12.1. The van der Waals surface area contributed by atoms with Crippen LogP contribution >= 0.6 is 0 Å². The SMILES string of the molecule is CN1CCN(C2[CH]CC(C)(C)NC2(C)C)CC1. The average Bonchev–Trinajstić information content (AvgIpc) is 2.17. The van der Waals surface area contributed by atoms with Crippen molar-refractivity contribution in [2.24, 2.45) is 0 Å². The van der Waals surface area contributed by atoms with Gasteiger partial charge in [0.2, 0.25) is 0 Å². The summed E-state index contributed by atoms with van der Waals surface area (Å²) in [6.45, 7) is 14.1. The predicted octanol–water partition coefficient (Wildman–Crippen LogP) is 1.36. The van der Waals surface area contributed by atoms with E-state index in [1.165, 1.54) is 26.2 Å². The molecular weight excluding hydrogens is 210 g/mol. The molecule has 3 nitrogen and oxygen atoms in total. The van der Waals surface area contributed by atoms with E-state index in [0.29, 0.717) is 6.04 Å². The lowest BCUT2D eigenvalue weighted by atomic mass is 9.78. The van der Waals surface area contributed by atoms with Crippen LogP contribution in [0.3, 0.4) is 0 Å². The Morgan fingerprint density at radius 1 is 1.06 bits per heavy atom. The maximum atomic E-state index is 3.80. The van der Waals surface area contributed by atoms with Crippen molar-refractivity contribution in [1.29, 1.82) is 0 Å². The third kappa shape index (κ3) is 3.01. The van der Waals surface area contributed by atoms with Gasteiger partial charge in [-0.25, -0.2) is 0 Å². The molecule has 2 aliphatic rings. The van der Waals surface area contributed by atoms with Gasteiger partial charge in [0.05, 0.1) is 0 Å². The van der Waals surface area contributed by atoms with Gasteiger partial charge in [0.25, 0.3) is 0 Å². The van der Waals surface area contributed by atoms with Crippen LogP contribution in [0, 0.1) is 6.42 Å². The number of nitrogens with zero attached hydrogens (tertiary/aromatic N) is 2. The Morgan fingerprint density at radius 2 is 1.65 bits per heavy atom. The van der Waals surface area contributed by atoms with Crippen molar-refractivity contribution in [1.82, 2.24) is 15.1 Å². The van der Waals surface area contributed by atoms with Crippen LogP contribution in [-0.4, -0.2) is 60.1 Å². The van der Waals surface area contributed by atoms with Gasteiger partial charge in [-0.3, -0.25) is 4.90 Å². The Kier molecular flexibility index (Phi) is 3.54. The molecule has 0 amide bonds. The number of piperazine rings is 1. The quantitative estimate of drug-likeness (QED) is 0.744. The Bertz CT molecular complexity index is 265. The molecule has 0 bridgehead atoms. The normalized spacial score (nSPS) is 34.8. The highest BCUT2D eigenvalue weighted by Crippen LogP contribution is 2.31. The highest BCUT2D eigenvalue weighted by atomic mass is 15.3. The first kappa shape index (κ1) is 13.3. The summed E-state index contributed by atoms with van der Waals surface area (Å²) in [7, 11) is 2.22. The minimum atomic E-state index is 0.178. The van der Waals surface area contributed by atoms with Crippen molar-refractivity contribution in [3.8, 4) is 0 Å². The van der Waals surface area contributed by atoms with Crippen LogP contribution in [0.25, 0.3) is 0 Å². The van der Waals surface area contributed by atoms with Gasteiger partial charge >= 0.3 is 0 Å². The second kappa shape index (κ2) is 4.52. The van der Waals surface area contributed by atoms with E-state index in [9.17, 15) is 0 Å². The van der Waals surface area contributed by atoms with Crippen molar-refractivity contribution >= 4 is 0 Å². The van der Waals surface area contributed by atoms with Gasteiger partial charge in [0.1, 0.15) is 0 Å². The fraction of sp³-hybridized carbons (Fsp3) is 0.929. The summed E-state index contributed by atoms with van der Waals surface area (Å²) < 4.78 is 0. The Labute approximate surface area is 107 Å². The van der Waals surface area contributed by atoms with Crippen molar-refractivity contribution in [3.05, 3.63) is 6.42 Å². The van der Waals surface area contributed by atoms with Gasteiger partial charge in [0, 0.05) is 43.3 Å². The van der Waals surface area contributed by atoms with Crippen LogP contribution < -0.4 is 5.32 Å². The van der Waals surface area contributed by atoms with Gasteiger partial charge in [-0.15, -0.1) is 0 Å². The van der Waals surface area contributed by atoms with Crippen LogP contribution in [0.15, 0.2) is 0 Å². The molecule has 2 fully saturated rings. The third-order valence-electron chi connectivity index (χ3n) is 4.18. The van der Waals surface area contributed by atoms with Crippen LogP contribution in [0.4, 0.5) is 0 Å². The topological polar surface area (TPSA) is 18.5 Å². The summed E-state index contributed by atoms with van der Waals surface area (Å²) in [5.41, 5.74) is 0.421. The summed E-state index contributed by atoms with van der Waals surface area (Å²) in [6, 6.07) is 0.573. The number of likely N-dealkylation sites (N-methyl/N-ethyl adjacent to an activating group) is 1. The average molecular weight is 238 g/mol. The summed E-state index contributed by atoms with van der Waals surface area (Å²) >= 11 is 0. The van der Waals surface area contributed by atoms with Crippen LogP contribution in [-0.2, 0) is 0 Å². The highest BCUT2D eigenvalue weighted by molar-refractivity contribution is 5.11. The van der Waals surface area contributed by atoms with E-state index in [1.807, 2.05) is 0 Å². The maximum absolute atomic E-state index is 3.80. The van der Waals surface area contributed by atoms with Gasteiger partial charge in [-0.1, -0.05) is 0 Å². The molecule has 17 heavy (non-hydrogen) atoms. The Hall–Kier alpha value is -0.120. The highest BCUT2D eigenvalue weighted by Gasteiger charge is 2.42. The first-order valence-electron chi connectivity index (χ1n) is 6.85. The van der Waals surface area contributed by atoms with Crippen LogP contribution in [0.2, 0.25) is 0 Å². The number of hydrogen-bond acceptors (Lipinski definition) is 3. The van der Waals surface area contributed by atoms with Crippen molar-refractivity contribution in [2.45, 2.75) is 51.2 Å². The lowest BCUT2D eigenvalue weighted by molar-refractivity contribution is 0.0476. The zero-order valence-corrected chi connectivity index (χ0v) is 12.1. The second-order valence-corrected chi connectivity index (χ2v) is 6.95. The smallest absolute Gasteiger partial charge is 0.0305 e. The van der Waals surface area contributed by atoms with E-state index in [2.05, 4.69) is 56.3 Å². The molecule has 2 saturated heterocycles. The summed E-state index contributed by atoms with van der Waals surface area (Å²) in [4.78, 5) is 5.06. The molecule has 0 aromatic heterocycles. The molecule has 1 unspecified atom stereocenters. The minimum Gasteiger partial charge on any atom is -0.305 e. The molecule has 0 saturated carbocycles. The van der Waals surface area contributed by atoms with E-state index >= 15 is 0 Å². The minimum absolute atomic E-state index is 0.178. The molecule has 1 atom stereocenters. The fourth-order valence-corrected chi connectivity index (χ4v) is 3.40. The second-order valence-electron chi connectivity index (χ2n) is 6.95. The lowest BCUT2D eigenvalue weighted by Gasteiger charge is -2.53. The van der Waals surface area contributed by atoms with E-state index in [-0.39, 0.29) is 11.1 Å². The lowest BCUT2D eigenvalue weighted by Crippen LogP contribution is -2.68. The number of nitrogens with one attached hydrogen (secondary N) is 1. The first-order valence-corrected chi connectivity index (χ1v) is 6.85. The molecule has 1 radical (unpaired) electrons. The summed E-state index contributed by atoms with van der Waals surface area (Å²) in [5, 5.41) is 3.80. The largest absolute Gasteiger partial charge is 0.305 e. The standard InChI is InChI=1S/C14H28N3/c1-13(2)7-6-12(14(3,4)15-13)17-10-8-16(5)9-11-17/h6,12,15H,7-11H2,1-5H3. The third-order valence-corrected chi connectivity index (χ3v) is 4.18. The van der Waals surface area contributed by atoms with Crippen LogP contribution in [0.1, 0.15) is 34.1 Å². The molecule has 1 N–H and O–H groups in total. The summed E-state index contributed by atoms with van der Waals surface area (Å²) in [5.74, 6) is 0. The van der Waals surface area contributed by atoms with Gasteiger partial charge in [-0.2, -0.15) is 0 Å². The molecule has 0 aliphatic carbocycles. The van der Waals surface area contributed by atoms with Crippen molar-refractivity contribution in [2.75, 3.05) is 33.2 Å². The van der Waals surface area contributed by atoms with Gasteiger partial charge in [0.15, 0.2) is 0 Å². The fourth-order valence-electron chi connectivity index (χ4n) is 3.40. The maximum Gasteiger partial charge on any atom is 0.0305 e. The number of piperidine rings is 1. The molecule has 2 aliphatic heterocycles. The number of rotatable bonds is 1. The molecule has 3 heteroatoms. The monoisotopic (exact) mass is 238 g/mol. The van der Waals surface area contributed by atoms with Crippen LogP contribution in [0.5, 0.6) is 0 Å². The van der Waals surface area contributed by atoms with E-state index in [4.69, 9.17) is 0 Å². The van der Waals surface area contributed by atoms with Gasteiger partial charge in [-0.05, 0) is 47.6 Å². The van der Waals surface area contributed by atoms with Gasteiger partial charge < -0.3 is 10.2 Å². The zero-order chi connectivity index (χ0) is 12.7. The molecular formula is C14H28N3. The molecule has 2 heterocycles. The summed E-state index contributed by atoms with van der Waals surface area (Å²) in [6.07, 6.45) is 3.69. The van der Waals surface area contributed by atoms with Crippen molar-refractivity contribution in [3.63, 3.8) is 0 Å². The van der Waals surface area contributed by atoms with E-state index in [1.54, 1.807) is 0 Å². The molecule has 0 aromatic carbocycles. The van der Waals surface area contributed by atoms with Crippen molar-refractivity contribution < 1.29 is 0 Å². The Morgan fingerprint density at radius 3 is 2.18 bits per heavy atom. The molecule has 0 spiro atoms. The molecule has 99 valence electrons.